The van der Waals surface area contributed by atoms with Gasteiger partial charge < -0.3 is 4.74 Å². The van der Waals surface area contributed by atoms with E-state index < -0.39 is 32.5 Å². The van der Waals surface area contributed by atoms with E-state index >= 15 is 0 Å². The number of unbranched alkanes of at least 4 members (excludes halogenated alkanes) is 3. The standard InChI is InChI=1S/C32H52FNO5S/c1-4-6-8-15-27-17-12-23-32(22-11-16-26(27)14-7-5-2,30(35)34-39-29-19-9-10-25-38-29)40(36,37)28-18-13-21-31(3,33)24-20-28/h13,18,20-21,24,26-27,29H,4-12,14-17,19,22-23,25H2,1-3H3,(H,34,35). The number of carbonyl (C=O) groups excluding carboxylic acids is 1. The Morgan fingerprint density at radius 1 is 1.00 bits per heavy atom. The SMILES string of the molecule is CCCCCC1CCCC(C(=O)NOC2CCCCO2)(S(=O)(=O)C2=CC=CC(C)(F)C=C2)CCCC1CCCC. The third-order valence-electron chi connectivity index (χ3n) is 9.00. The summed E-state index contributed by atoms with van der Waals surface area (Å²) in [5, 5.41) is 0. The Hall–Kier alpha value is -1.51. The maximum Gasteiger partial charge on any atom is 0.265 e. The summed E-state index contributed by atoms with van der Waals surface area (Å²) >= 11 is 0. The number of ether oxygens (including phenoxy) is 1. The second-order valence-electron chi connectivity index (χ2n) is 12.2. The minimum Gasteiger partial charge on any atom is -0.350 e. The van der Waals surface area contributed by atoms with E-state index in [0.717, 1.165) is 44.9 Å². The molecule has 3 aliphatic rings. The highest BCUT2D eigenvalue weighted by Crippen LogP contribution is 2.42. The Balaban J connectivity index is 1.92. The smallest absolute Gasteiger partial charge is 0.265 e. The Bertz CT molecular complexity index is 999. The molecule has 40 heavy (non-hydrogen) atoms. The van der Waals surface area contributed by atoms with Crippen LogP contribution in [0, 0.1) is 11.8 Å². The van der Waals surface area contributed by atoms with Gasteiger partial charge in [0.2, 0.25) is 0 Å². The van der Waals surface area contributed by atoms with Gasteiger partial charge in [0.1, 0.15) is 5.67 Å². The highest BCUT2D eigenvalue weighted by Gasteiger charge is 2.52. The molecule has 1 saturated heterocycles. The number of hydrogen-bond donors (Lipinski definition) is 1. The maximum atomic E-state index is 14.7. The predicted octanol–water partition coefficient (Wildman–Crippen LogP) is 7.81. The second-order valence-corrected chi connectivity index (χ2v) is 14.5. The van der Waals surface area contributed by atoms with Gasteiger partial charge in [0.15, 0.2) is 20.9 Å². The van der Waals surface area contributed by atoms with Gasteiger partial charge in [0.05, 0.1) is 4.91 Å². The van der Waals surface area contributed by atoms with Crippen molar-refractivity contribution in [2.75, 3.05) is 6.61 Å². The summed E-state index contributed by atoms with van der Waals surface area (Å²) in [5.41, 5.74) is 0.758. The first kappa shape index (κ1) is 33.0. The quantitative estimate of drug-likeness (QED) is 0.188. The summed E-state index contributed by atoms with van der Waals surface area (Å²) in [6, 6.07) is 0. The molecule has 1 saturated carbocycles. The van der Waals surface area contributed by atoms with Gasteiger partial charge in [0.25, 0.3) is 5.91 Å². The maximum absolute atomic E-state index is 14.7. The molecule has 0 radical (unpaired) electrons. The number of nitrogens with one attached hydrogen (secondary N) is 1. The number of sulfone groups is 1. The lowest BCUT2D eigenvalue weighted by Crippen LogP contribution is -2.53. The number of carbonyl (C=O) groups is 1. The molecule has 1 N–H and O–H groups in total. The summed E-state index contributed by atoms with van der Waals surface area (Å²) in [5.74, 6) is 0.443. The lowest BCUT2D eigenvalue weighted by atomic mass is 9.79. The van der Waals surface area contributed by atoms with Crippen molar-refractivity contribution in [1.82, 2.24) is 5.48 Å². The van der Waals surface area contributed by atoms with E-state index in [1.165, 1.54) is 63.0 Å². The van der Waals surface area contributed by atoms with E-state index in [1.54, 1.807) is 0 Å². The average Bonchev–Trinajstić information content (AvgIpc) is 3.06. The predicted molar refractivity (Wildman–Crippen MR) is 159 cm³/mol. The molecule has 0 aromatic heterocycles. The molecule has 1 amide bonds. The molecule has 0 aromatic carbocycles. The van der Waals surface area contributed by atoms with Crippen LogP contribution in [0.3, 0.4) is 0 Å². The van der Waals surface area contributed by atoms with Crippen molar-refractivity contribution in [3.63, 3.8) is 0 Å². The molecule has 0 bridgehead atoms. The van der Waals surface area contributed by atoms with Gasteiger partial charge in [-0.25, -0.2) is 23.1 Å². The fourth-order valence-corrected chi connectivity index (χ4v) is 8.57. The molecular weight excluding hydrogens is 529 g/mol. The minimum absolute atomic E-state index is 0.0320. The van der Waals surface area contributed by atoms with Crippen molar-refractivity contribution in [1.29, 1.82) is 0 Å². The summed E-state index contributed by atoms with van der Waals surface area (Å²) in [6.45, 7) is 6.35. The van der Waals surface area contributed by atoms with Crippen LogP contribution in [0.15, 0.2) is 35.3 Å². The number of hydrogen-bond acceptors (Lipinski definition) is 5. The summed E-state index contributed by atoms with van der Waals surface area (Å²) in [4.78, 5) is 19.6. The number of alkyl halides is 1. The zero-order valence-electron chi connectivity index (χ0n) is 25.0. The molecule has 0 aromatic rings. The molecule has 5 atom stereocenters. The van der Waals surface area contributed by atoms with Crippen molar-refractivity contribution in [2.45, 2.75) is 140 Å². The first-order chi connectivity index (χ1) is 19.1. The highest BCUT2D eigenvalue weighted by atomic mass is 32.2. The third kappa shape index (κ3) is 8.75. The van der Waals surface area contributed by atoms with E-state index in [9.17, 15) is 17.6 Å². The Kier molecular flexibility index (Phi) is 12.9. The van der Waals surface area contributed by atoms with Crippen LogP contribution < -0.4 is 5.48 Å². The van der Waals surface area contributed by atoms with E-state index in [0.29, 0.717) is 37.7 Å². The van der Waals surface area contributed by atoms with Crippen LogP contribution in [-0.2, 0) is 24.2 Å². The van der Waals surface area contributed by atoms with E-state index in [2.05, 4.69) is 19.3 Å². The lowest BCUT2D eigenvalue weighted by Gasteiger charge is -2.33. The zero-order chi connectivity index (χ0) is 29.1. The van der Waals surface area contributed by atoms with Crippen LogP contribution in [0.5, 0.6) is 0 Å². The fraction of sp³-hybridized carbons (Fsp3) is 0.781. The molecule has 1 aliphatic heterocycles. The van der Waals surface area contributed by atoms with Gasteiger partial charge >= 0.3 is 0 Å². The number of halogens is 1. The summed E-state index contributed by atoms with van der Waals surface area (Å²) < 4.78 is 47.4. The minimum atomic E-state index is -4.18. The summed E-state index contributed by atoms with van der Waals surface area (Å²) in [7, 11) is -4.18. The fourth-order valence-electron chi connectivity index (χ4n) is 6.51. The van der Waals surface area contributed by atoms with Gasteiger partial charge in [-0.15, -0.1) is 0 Å². The van der Waals surface area contributed by atoms with Gasteiger partial charge in [0, 0.05) is 13.0 Å². The van der Waals surface area contributed by atoms with Crippen molar-refractivity contribution in [2.24, 2.45) is 11.8 Å². The molecule has 6 nitrogen and oxygen atoms in total. The van der Waals surface area contributed by atoms with Crippen LogP contribution in [0.25, 0.3) is 0 Å². The number of allylic oxidation sites excluding steroid dienone is 5. The van der Waals surface area contributed by atoms with Gasteiger partial charge in [-0.05, 0) is 68.7 Å². The zero-order valence-corrected chi connectivity index (χ0v) is 25.8. The normalized spacial score (nSPS) is 31.9. The molecular formula is C32H52FNO5S. The molecule has 2 fully saturated rings. The molecule has 1 heterocycles. The molecule has 3 rings (SSSR count). The lowest BCUT2D eigenvalue weighted by molar-refractivity contribution is -0.201. The van der Waals surface area contributed by atoms with Crippen LogP contribution in [0.4, 0.5) is 4.39 Å². The van der Waals surface area contributed by atoms with Gasteiger partial charge in [-0.2, -0.15) is 0 Å². The molecule has 8 heteroatoms. The highest BCUT2D eigenvalue weighted by molar-refractivity contribution is 7.97. The van der Waals surface area contributed by atoms with Crippen LogP contribution >= 0.6 is 0 Å². The topological polar surface area (TPSA) is 81.7 Å². The van der Waals surface area contributed by atoms with E-state index in [4.69, 9.17) is 9.57 Å². The van der Waals surface area contributed by atoms with Crippen molar-refractivity contribution < 1.29 is 27.2 Å². The van der Waals surface area contributed by atoms with Crippen LogP contribution in [0.2, 0.25) is 0 Å². The molecule has 5 unspecified atom stereocenters. The number of rotatable bonds is 12. The van der Waals surface area contributed by atoms with Crippen LogP contribution in [-0.4, -0.2) is 37.6 Å². The summed E-state index contributed by atoms with van der Waals surface area (Å²) in [6.07, 6.45) is 20.4. The largest absolute Gasteiger partial charge is 0.350 e. The Labute approximate surface area is 242 Å². The molecule has 0 spiro atoms. The second kappa shape index (κ2) is 15.6. The van der Waals surface area contributed by atoms with Gasteiger partial charge in [-0.1, -0.05) is 90.6 Å². The number of hydroxylamine groups is 1. The monoisotopic (exact) mass is 581 g/mol. The average molecular weight is 582 g/mol. The number of amides is 1. The van der Waals surface area contributed by atoms with Crippen LogP contribution in [0.1, 0.15) is 124 Å². The molecule has 2 aliphatic carbocycles. The Morgan fingerprint density at radius 2 is 1.68 bits per heavy atom. The first-order valence-corrected chi connectivity index (χ1v) is 17.2. The third-order valence-corrected chi connectivity index (χ3v) is 11.5. The van der Waals surface area contributed by atoms with E-state index in [1.807, 2.05) is 0 Å². The molecule has 228 valence electrons. The van der Waals surface area contributed by atoms with Crippen molar-refractivity contribution >= 4 is 15.7 Å². The van der Waals surface area contributed by atoms with Crippen molar-refractivity contribution in [3.05, 3.63) is 35.3 Å². The first-order valence-electron chi connectivity index (χ1n) is 15.7. The van der Waals surface area contributed by atoms with Crippen molar-refractivity contribution in [3.8, 4) is 0 Å². The Morgan fingerprint density at radius 3 is 2.30 bits per heavy atom. The van der Waals surface area contributed by atoms with E-state index in [-0.39, 0.29) is 17.7 Å². The van der Waals surface area contributed by atoms with Gasteiger partial charge in [-0.3, -0.25) is 4.79 Å².